The molecular weight excluding hydrogens is 726 g/mol. The van der Waals surface area contributed by atoms with Crippen LogP contribution in [0.15, 0.2) is 127 Å². The lowest BCUT2D eigenvalue weighted by Gasteiger charge is -2.43. The average molecular weight is 770 g/mol. The number of nitriles is 1. The molecule has 0 saturated heterocycles. The van der Waals surface area contributed by atoms with Gasteiger partial charge in [-0.05, 0) is 63.6 Å². The van der Waals surface area contributed by atoms with E-state index in [0.717, 1.165) is 37.6 Å². The number of anilines is 1. The lowest BCUT2D eigenvalue weighted by molar-refractivity contribution is -0.120. The number of imidazole rings is 1. The number of aromatic nitrogens is 2. The number of amides is 1. The molecule has 2 heterocycles. The Hall–Kier alpha value is -5.25. The van der Waals surface area contributed by atoms with Crippen molar-refractivity contribution in [3.8, 4) is 11.8 Å². The summed E-state index contributed by atoms with van der Waals surface area (Å²) in [5.74, 6) is 0.546. The number of carbonyl (C=O) groups excluding carboxylic acids is 1. The predicted octanol–water partition coefficient (Wildman–Crippen LogP) is 8.00. The van der Waals surface area contributed by atoms with Gasteiger partial charge in [0.25, 0.3) is 0 Å². The van der Waals surface area contributed by atoms with Crippen molar-refractivity contribution in [1.29, 1.82) is 5.26 Å². The zero-order valence-corrected chi connectivity index (χ0v) is 33.4. The highest BCUT2D eigenvalue weighted by atomic mass is 32.2. The molecule has 0 saturated carbocycles. The normalized spacial score (nSPS) is 14.8. The van der Waals surface area contributed by atoms with Gasteiger partial charge in [0.2, 0.25) is 5.91 Å². The number of halogens is 1. The number of hydrogen-bond donors (Lipinski definition) is 1. The number of hydrazine groups is 1. The molecule has 0 spiro atoms. The Morgan fingerprint density at radius 2 is 1.71 bits per heavy atom. The van der Waals surface area contributed by atoms with Crippen LogP contribution in [-0.2, 0) is 4.79 Å². The SMILES string of the molecule is CC(=O)N(c1cccc2ccc(O[Si](c3ccccc3)(c3ccccc3)C(C)(C)C)cc12)N(CCO)C(C)c1cnc2n1C(c1ccc(C#N)c(F)c1)CS2. The van der Waals surface area contributed by atoms with Gasteiger partial charge in [-0.2, -0.15) is 5.26 Å². The maximum atomic E-state index is 14.8. The number of rotatable bonds is 11. The summed E-state index contributed by atoms with van der Waals surface area (Å²) in [5.41, 5.74) is 2.19. The van der Waals surface area contributed by atoms with Crippen LogP contribution < -0.4 is 19.8 Å². The smallest absolute Gasteiger partial charge is 0.319 e. The van der Waals surface area contributed by atoms with Gasteiger partial charge in [-0.3, -0.25) is 4.79 Å². The van der Waals surface area contributed by atoms with Gasteiger partial charge >= 0.3 is 8.32 Å². The number of fused-ring (bicyclic) bond motifs is 2. The quantitative estimate of drug-likeness (QED) is 0.105. The van der Waals surface area contributed by atoms with Gasteiger partial charge in [0.1, 0.15) is 17.6 Å². The number of benzene rings is 5. The fourth-order valence-electron chi connectivity index (χ4n) is 7.91. The van der Waals surface area contributed by atoms with Crippen LogP contribution in [0.4, 0.5) is 10.1 Å². The van der Waals surface area contributed by atoms with Gasteiger partial charge in [0.15, 0.2) is 5.16 Å². The predicted molar refractivity (Wildman–Crippen MR) is 220 cm³/mol. The molecule has 11 heteroatoms. The molecule has 0 radical (unpaired) electrons. The lowest BCUT2D eigenvalue weighted by Crippen LogP contribution is -2.68. The van der Waals surface area contributed by atoms with E-state index in [1.165, 1.54) is 19.1 Å². The number of aliphatic hydroxyl groups excluding tert-OH is 1. The molecular formula is C44H44FN5O3SSi. The highest BCUT2D eigenvalue weighted by molar-refractivity contribution is 7.99. The monoisotopic (exact) mass is 769 g/mol. The number of aliphatic hydroxyl groups is 1. The average Bonchev–Trinajstić information content (AvgIpc) is 3.80. The fraction of sp³-hybridized carbons (Fsp3) is 0.250. The van der Waals surface area contributed by atoms with Gasteiger partial charge in [0, 0.05) is 24.6 Å². The largest absolute Gasteiger partial charge is 0.534 e. The Bertz CT molecular complexity index is 2340. The van der Waals surface area contributed by atoms with E-state index in [1.807, 2.05) is 66.5 Å². The van der Waals surface area contributed by atoms with Crippen LogP contribution in [0.1, 0.15) is 63.5 Å². The molecule has 7 rings (SSSR count). The van der Waals surface area contributed by atoms with Gasteiger partial charge in [-0.15, -0.1) is 0 Å². The van der Waals surface area contributed by atoms with Crippen molar-refractivity contribution in [2.45, 2.75) is 56.9 Å². The van der Waals surface area contributed by atoms with Gasteiger partial charge in [-0.1, -0.05) is 117 Å². The highest BCUT2D eigenvalue weighted by Crippen LogP contribution is 2.43. The van der Waals surface area contributed by atoms with E-state index in [0.29, 0.717) is 17.2 Å². The number of carbonyl (C=O) groups is 1. The fourth-order valence-corrected chi connectivity index (χ4v) is 13.5. The van der Waals surface area contributed by atoms with Gasteiger partial charge in [-0.25, -0.2) is 19.4 Å². The first-order valence-corrected chi connectivity index (χ1v) is 21.3. The second kappa shape index (κ2) is 15.5. The number of hydrogen-bond acceptors (Lipinski definition) is 7. The van der Waals surface area contributed by atoms with E-state index in [2.05, 4.69) is 73.9 Å². The van der Waals surface area contributed by atoms with E-state index in [1.54, 1.807) is 29.0 Å². The van der Waals surface area contributed by atoms with Crippen molar-refractivity contribution in [2.75, 3.05) is 23.9 Å². The van der Waals surface area contributed by atoms with E-state index in [-0.39, 0.29) is 35.7 Å². The maximum Gasteiger partial charge on any atom is 0.319 e. The zero-order valence-electron chi connectivity index (χ0n) is 31.6. The summed E-state index contributed by atoms with van der Waals surface area (Å²) in [5, 5.41) is 27.9. The Kier molecular flexibility index (Phi) is 10.7. The Morgan fingerprint density at radius 1 is 1.02 bits per heavy atom. The number of thioether (sulfide) groups is 1. The van der Waals surface area contributed by atoms with Crippen molar-refractivity contribution in [3.63, 3.8) is 0 Å². The maximum absolute atomic E-state index is 14.8. The molecule has 2 atom stereocenters. The second-order valence-corrected chi connectivity index (χ2v) is 20.0. The zero-order chi connectivity index (χ0) is 38.9. The lowest BCUT2D eigenvalue weighted by atomic mass is 10.0. The molecule has 1 aromatic heterocycles. The van der Waals surface area contributed by atoms with Gasteiger partial charge < -0.3 is 14.1 Å². The molecule has 8 nitrogen and oxygen atoms in total. The summed E-state index contributed by atoms with van der Waals surface area (Å²) in [6.07, 6.45) is 1.79. The van der Waals surface area contributed by atoms with Crippen LogP contribution in [-0.4, -0.2) is 52.8 Å². The third kappa shape index (κ3) is 6.96. The first-order chi connectivity index (χ1) is 26.5. The van der Waals surface area contributed by atoms with Crippen molar-refractivity contribution in [3.05, 3.63) is 144 Å². The third-order valence-corrected chi connectivity index (χ3v) is 16.5. The molecule has 1 aliphatic heterocycles. The summed E-state index contributed by atoms with van der Waals surface area (Å²) in [4.78, 5) is 18.6. The molecule has 5 aromatic carbocycles. The Labute approximate surface area is 326 Å². The van der Waals surface area contributed by atoms with Crippen molar-refractivity contribution >= 4 is 52.8 Å². The van der Waals surface area contributed by atoms with Crippen LogP contribution in [0.2, 0.25) is 5.04 Å². The minimum absolute atomic E-state index is 0.00437. The van der Waals surface area contributed by atoms with Crippen molar-refractivity contribution in [1.82, 2.24) is 14.6 Å². The molecule has 55 heavy (non-hydrogen) atoms. The molecule has 1 amide bonds. The molecule has 1 N–H and O–H groups in total. The van der Waals surface area contributed by atoms with E-state index in [9.17, 15) is 19.6 Å². The molecule has 1 aliphatic rings. The third-order valence-electron chi connectivity index (χ3n) is 10.5. The summed E-state index contributed by atoms with van der Waals surface area (Å²) in [6.45, 7) is 10.2. The minimum atomic E-state index is -2.96. The molecule has 2 unspecified atom stereocenters. The second-order valence-electron chi connectivity index (χ2n) is 14.8. The topological polar surface area (TPSA) is 94.6 Å². The van der Waals surface area contributed by atoms with Crippen molar-refractivity contribution < 1.29 is 18.7 Å². The molecule has 6 aromatic rings. The molecule has 280 valence electrons. The van der Waals surface area contributed by atoms with E-state index < -0.39 is 20.2 Å². The summed E-state index contributed by atoms with van der Waals surface area (Å²) < 4.78 is 24.3. The van der Waals surface area contributed by atoms with Crippen LogP contribution in [0.25, 0.3) is 10.8 Å². The standard InChI is InChI=1S/C44H44FN5O3SSi/c1-30(41-28-47-43-49(41)42(29-54-43)33-19-20-34(27-46)39(45)25-33)48(23-24-51)50(31(2)52)40-18-12-13-32-21-22-35(26-38(32)40)53-55(44(3,4)5,36-14-8-6-9-15-36)37-16-10-7-11-17-37/h6-22,25-26,28,30,42,51H,23-24,29H2,1-5H3. The summed E-state index contributed by atoms with van der Waals surface area (Å²) in [7, 11) is -2.96. The summed E-state index contributed by atoms with van der Waals surface area (Å²) in [6, 6.07) is 38.9. The molecule has 0 aliphatic carbocycles. The van der Waals surface area contributed by atoms with E-state index >= 15 is 0 Å². The molecule has 0 fully saturated rings. The number of nitrogens with zero attached hydrogens (tertiary/aromatic N) is 5. The van der Waals surface area contributed by atoms with Crippen LogP contribution in [0.5, 0.6) is 5.75 Å². The Morgan fingerprint density at radius 3 is 2.31 bits per heavy atom. The summed E-state index contributed by atoms with van der Waals surface area (Å²) >= 11 is 1.57. The van der Waals surface area contributed by atoms with Crippen molar-refractivity contribution in [2.24, 2.45) is 0 Å². The Balaban J connectivity index is 1.32. The van der Waals surface area contributed by atoms with Gasteiger partial charge in [0.05, 0.1) is 41.8 Å². The van der Waals surface area contributed by atoms with Crippen LogP contribution in [0, 0.1) is 17.1 Å². The van der Waals surface area contributed by atoms with Crippen LogP contribution in [0.3, 0.4) is 0 Å². The minimum Gasteiger partial charge on any atom is -0.534 e. The molecule has 0 bridgehead atoms. The van der Waals surface area contributed by atoms with Crippen LogP contribution >= 0.6 is 11.8 Å². The first kappa shape index (κ1) is 38.0. The first-order valence-electron chi connectivity index (χ1n) is 18.4. The highest BCUT2D eigenvalue weighted by Gasteiger charge is 2.52. The van der Waals surface area contributed by atoms with E-state index in [4.69, 9.17) is 9.41 Å².